The first-order valence-electron chi connectivity index (χ1n) is 4.55. The van der Waals surface area contributed by atoms with E-state index in [1.165, 1.54) is 0 Å². The summed E-state index contributed by atoms with van der Waals surface area (Å²) in [5, 5.41) is 27.4. The van der Waals surface area contributed by atoms with Gasteiger partial charge in [-0.1, -0.05) is 0 Å². The van der Waals surface area contributed by atoms with Crippen molar-refractivity contribution >= 4 is 5.69 Å². The van der Waals surface area contributed by atoms with Crippen molar-refractivity contribution in [1.82, 2.24) is 0 Å². The van der Waals surface area contributed by atoms with Crippen molar-refractivity contribution in [3.05, 3.63) is 39.9 Å². The molecule has 0 saturated carbocycles. The van der Waals surface area contributed by atoms with Crippen LogP contribution in [0.5, 0.6) is 0 Å². The van der Waals surface area contributed by atoms with Gasteiger partial charge in [-0.05, 0) is 12.1 Å². The quantitative estimate of drug-likeness (QED) is 0.385. The Morgan fingerprint density at radius 1 is 1.00 bits per heavy atom. The molecule has 106 valence electrons. The molecule has 19 heavy (non-hydrogen) atoms. The van der Waals surface area contributed by atoms with Crippen LogP contribution >= 0.6 is 0 Å². The molecule has 0 saturated heterocycles. The van der Waals surface area contributed by atoms with Gasteiger partial charge in [-0.25, -0.2) is 0 Å². The van der Waals surface area contributed by atoms with Gasteiger partial charge in [-0.2, -0.15) is 22.0 Å². The lowest BCUT2D eigenvalue weighted by atomic mass is 9.99. The fourth-order valence-corrected chi connectivity index (χ4v) is 1.17. The SMILES string of the molecule is O=[N+]([O-])c1ccc(C(F)(F)C(O)(O)C(F)(F)F)cc1. The first-order chi connectivity index (χ1) is 8.41. The van der Waals surface area contributed by atoms with E-state index in [1.807, 2.05) is 0 Å². The predicted molar refractivity (Wildman–Crippen MR) is 50.2 cm³/mol. The number of nitro groups is 1. The van der Waals surface area contributed by atoms with Gasteiger partial charge in [0.2, 0.25) is 0 Å². The van der Waals surface area contributed by atoms with Crippen LogP contribution in [0.4, 0.5) is 27.6 Å². The topological polar surface area (TPSA) is 83.6 Å². The minimum atomic E-state index is -6.00. The number of halogens is 5. The molecule has 0 spiro atoms. The second-order valence-corrected chi connectivity index (χ2v) is 3.55. The Balaban J connectivity index is 3.24. The smallest absolute Gasteiger partial charge is 0.354 e. The molecular weight excluding hydrogens is 281 g/mol. The molecule has 0 heterocycles. The molecule has 0 unspecified atom stereocenters. The van der Waals surface area contributed by atoms with Gasteiger partial charge >= 0.3 is 17.9 Å². The third-order valence-electron chi connectivity index (χ3n) is 2.27. The maximum absolute atomic E-state index is 13.4. The summed E-state index contributed by atoms with van der Waals surface area (Å²) >= 11 is 0. The van der Waals surface area contributed by atoms with Crippen LogP contribution in [-0.2, 0) is 5.92 Å². The number of aliphatic hydroxyl groups is 2. The van der Waals surface area contributed by atoms with E-state index in [2.05, 4.69) is 0 Å². The van der Waals surface area contributed by atoms with Crippen molar-refractivity contribution < 1.29 is 37.1 Å². The highest BCUT2D eigenvalue weighted by molar-refractivity contribution is 5.35. The van der Waals surface area contributed by atoms with Crippen molar-refractivity contribution in [3.8, 4) is 0 Å². The minimum absolute atomic E-state index is 0.311. The van der Waals surface area contributed by atoms with Gasteiger partial charge in [-0.15, -0.1) is 0 Å². The normalized spacial score (nSPS) is 13.4. The van der Waals surface area contributed by atoms with Crippen LogP contribution in [0.1, 0.15) is 5.56 Å². The minimum Gasteiger partial charge on any atom is -0.354 e. The van der Waals surface area contributed by atoms with E-state index in [0.717, 1.165) is 0 Å². The van der Waals surface area contributed by atoms with Gasteiger partial charge in [0.05, 0.1) is 4.92 Å². The van der Waals surface area contributed by atoms with E-state index in [1.54, 1.807) is 0 Å². The zero-order valence-electron chi connectivity index (χ0n) is 8.86. The highest BCUT2D eigenvalue weighted by Crippen LogP contribution is 2.46. The number of nitrogens with zero attached hydrogens (tertiary/aromatic N) is 1. The van der Waals surface area contributed by atoms with Crippen molar-refractivity contribution in [2.24, 2.45) is 0 Å². The lowest BCUT2D eigenvalue weighted by Crippen LogP contribution is -2.57. The lowest BCUT2D eigenvalue weighted by Gasteiger charge is -2.32. The molecule has 0 fully saturated rings. The maximum atomic E-state index is 13.4. The fraction of sp³-hybridized carbons (Fsp3) is 0.333. The van der Waals surface area contributed by atoms with Gasteiger partial charge in [0.1, 0.15) is 0 Å². The number of nitro benzene ring substituents is 1. The summed E-state index contributed by atoms with van der Waals surface area (Å²) in [6.45, 7) is 0. The van der Waals surface area contributed by atoms with Crippen LogP contribution < -0.4 is 0 Å². The summed E-state index contributed by atoms with van der Waals surface area (Å²) in [5.41, 5.74) is -2.05. The number of hydrogen-bond acceptors (Lipinski definition) is 4. The van der Waals surface area contributed by atoms with Crippen LogP contribution in [0.3, 0.4) is 0 Å². The van der Waals surface area contributed by atoms with E-state index >= 15 is 0 Å². The Kier molecular flexibility index (Phi) is 3.52. The van der Waals surface area contributed by atoms with E-state index in [-0.39, 0.29) is 0 Å². The van der Waals surface area contributed by atoms with Crippen LogP contribution in [0.2, 0.25) is 0 Å². The molecule has 0 atom stereocenters. The van der Waals surface area contributed by atoms with E-state index < -0.39 is 34.1 Å². The van der Waals surface area contributed by atoms with Gasteiger partial charge in [0.25, 0.3) is 5.69 Å². The van der Waals surface area contributed by atoms with Gasteiger partial charge in [-0.3, -0.25) is 10.1 Å². The Hall–Kier alpha value is -1.81. The molecule has 1 aromatic rings. The standard InChI is InChI=1S/C9H6F5NO4/c10-7(11,8(16,17)9(12,13)14)5-1-3-6(4-2-5)15(18)19/h1-4,16-17H. The molecule has 0 amide bonds. The number of non-ortho nitro benzene ring substituents is 1. The van der Waals surface area contributed by atoms with Gasteiger partial charge < -0.3 is 10.2 Å². The zero-order chi connectivity index (χ0) is 15.1. The van der Waals surface area contributed by atoms with E-state index in [0.29, 0.717) is 24.3 Å². The maximum Gasteiger partial charge on any atom is 0.449 e. The van der Waals surface area contributed by atoms with Crippen molar-refractivity contribution in [2.45, 2.75) is 17.9 Å². The molecule has 10 heteroatoms. The zero-order valence-corrected chi connectivity index (χ0v) is 8.86. The summed E-state index contributed by atoms with van der Waals surface area (Å²) in [5.74, 6) is -10.4. The number of alkyl halides is 5. The monoisotopic (exact) mass is 287 g/mol. The summed E-state index contributed by atoms with van der Waals surface area (Å²) in [7, 11) is 0. The average molecular weight is 287 g/mol. The molecule has 5 nitrogen and oxygen atoms in total. The highest BCUT2D eigenvalue weighted by Gasteiger charge is 2.69. The number of rotatable bonds is 3. The van der Waals surface area contributed by atoms with Gasteiger partial charge in [0.15, 0.2) is 0 Å². The third kappa shape index (κ3) is 2.49. The van der Waals surface area contributed by atoms with Crippen molar-refractivity contribution in [3.63, 3.8) is 0 Å². The molecular formula is C9H6F5NO4. The molecule has 0 radical (unpaired) electrons. The van der Waals surface area contributed by atoms with E-state index in [4.69, 9.17) is 10.2 Å². The summed E-state index contributed by atoms with van der Waals surface area (Å²) in [6.07, 6.45) is -6.00. The molecule has 0 aliphatic heterocycles. The molecule has 0 aliphatic carbocycles. The first-order valence-corrected chi connectivity index (χ1v) is 4.55. The second kappa shape index (κ2) is 4.38. The molecule has 0 bridgehead atoms. The molecule has 0 aliphatic rings. The van der Waals surface area contributed by atoms with Crippen LogP contribution in [0.25, 0.3) is 0 Å². The van der Waals surface area contributed by atoms with Crippen molar-refractivity contribution in [1.29, 1.82) is 0 Å². The Labute approximate surface area is 102 Å². The summed E-state index contributed by atoms with van der Waals surface area (Å²) in [4.78, 5) is 9.31. The van der Waals surface area contributed by atoms with Gasteiger partial charge in [0, 0.05) is 17.7 Å². The Morgan fingerprint density at radius 3 is 1.74 bits per heavy atom. The molecule has 2 N–H and O–H groups in total. The molecule has 0 aromatic heterocycles. The lowest BCUT2D eigenvalue weighted by molar-refractivity contribution is -0.421. The Bertz CT molecular complexity index is 482. The highest BCUT2D eigenvalue weighted by atomic mass is 19.4. The van der Waals surface area contributed by atoms with E-state index in [9.17, 15) is 32.1 Å². The van der Waals surface area contributed by atoms with Crippen LogP contribution in [0.15, 0.2) is 24.3 Å². The second-order valence-electron chi connectivity index (χ2n) is 3.55. The molecule has 1 rings (SSSR count). The van der Waals surface area contributed by atoms with Crippen LogP contribution in [0, 0.1) is 10.1 Å². The predicted octanol–water partition coefficient (Wildman–Crippen LogP) is 1.93. The Morgan fingerprint density at radius 2 is 1.42 bits per heavy atom. The fourth-order valence-electron chi connectivity index (χ4n) is 1.17. The van der Waals surface area contributed by atoms with Crippen molar-refractivity contribution in [2.75, 3.05) is 0 Å². The summed E-state index contributed by atoms with van der Waals surface area (Å²) in [6, 6.07) is 1.67. The third-order valence-corrected chi connectivity index (χ3v) is 2.27. The number of benzene rings is 1. The summed E-state index contributed by atoms with van der Waals surface area (Å²) < 4.78 is 63.1. The molecule has 1 aromatic carbocycles. The van der Waals surface area contributed by atoms with Crippen LogP contribution in [-0.4, -0.2) is 27.1 Å². The first kappa shape index (κ1) is 15.2. The largest absolute Gasteiger partial charge is 0.449 e. The number of hydrogen-bond donors (Lipinski definition) is 2. The average Bonchev–Trinajstić information content (AvgIpc) is 2.27.